The van der Waals surface area contributed by atoms with E-state index in [1.165, 1.54) is 12.1 Å². The number of nitrogens with one attached hydrogen (secondary N) is 1. The molecule has 0 radical (unpaired) electrons. The maximum absolute atomic E-state index is 13.1. The van der Waals surface area contributed by atoms with E-state index in [2.05, 4.69) is 10.3 Å². The van der Waals surface area contributed by atoms with Crippen molar-refractivity contribution < 1.29 is 9.13 Å². The van der Waals surface area contributed by atoms with Crippen LogP contribution >= 0.6 is 0 Å². The fraction of sp³-hybridized carbons (Fsp3) is 0.167. The normalized spacial score (nSPS) is 10.5. The lowest BCUT2D eigenvalue weighted by Crippen LogP contribution is -2.06. The van der Waals surface area contributed by atoms with Gasteiger partial charge in [-0.3, -0.25) is 0 Å². The van der Waals surface area contributed by atoms with Crippen LogP contribution in [-0.2, 0) is 20.2 Å². The summed E-state index contributed by atoms with van der Waals surface area (Å²) in [6, 6.07) is 14.1. The van der Waals surface area contributed by atoms with Crippen molar-refractivity contribution in [3.63, 3.8) is 0 Å². The van der Waals surface area contributed by atoms with Gasteiger partial charge >= 0.3 is 0 Å². The number of hydrogen-bond acceptors (Lipinski definition) is 3. The third-order valence-corrected chi connectivity index (χ3v) is 3.50. The third kappa shape index (κ3) is 4.10. The molecule has 0 amide bonds. The summed E-state index contributed by atoms with van der Waals surface area (Å²) >= 11 is 0. The lowest BCUT2D eigenvalue weighted by Gasteiger charge is -2.10. The third-order valence-electron chi connectivity index (χ3n) is 3.50. The molecule has 118 valence electrons. The van der Waals surface area contributed by atoms with Crippen LogP contribution in [0.15, 0.2) is 60.9 Å². The van der Waals surface area contributed by atoms with E-state index in [4.69, 9.17) is 4.74 Å². The van der Waals surface area contributed by atoms with Crippen LogP contribution in [0, 0.1) is 5.82 Å². The molecule has 0 aliphatic carbocycles. The molecule has 1 aromatic heterocycles. The first-order valence-electron chi connectivity index (χ1n) is 7.38. The topological polar surface area (TPSA) is 39.1 Å². The number of halogens is 1. The van der Waals surface area contributed by atoms with Gasteiger partial charge in [0, 0.05) is 31.2 Å². The maximum atomic E-state index is 13.1. The number of hydrogen-bond donors (Lipinski definition) is 1. The second-order valence-corrected chi connectivity index (χ2v) is 5.25. The second kappa shape index (κ2) is 6.96. The Morgan fingerprint density at radius 2 is 2.04 bits per heavy atom. The Labute approximate surface area is 134 Å². The summed E-state index contributed by atoms with van der Waals surface area (Å²) < 4.78 is 20.7. The number of ether oxygens (including phenoxy) is 1. The second-order valence-electron chi connectivity index (χ2n) is 5.25. The molecule has 1 N–H and O–H groups in total. The van der Waals surface area contributed by atoms with Gasteiger partial charge in [-0.05, 0) is 29.8 Å². The summed E-state index contributed by atoms with van der Waals surface area (Å²) in [4.78, 5) is 4.28. The van der Waals surface area contributed by atoms with E-state index in [0.29, 0.717) is 18.9 Å². The molecule has 0 unspecified atom stereocenters. The molecule has 2 aromatic carbocycles. The summed E-state index contributed by atoms with van der Waals surface area (Å²) in [5.74, 6) is 1.19. The smallest absolute Gasteiger partial charge is 0.127 e. The quantitative estimate of drug-likeness (QED) is 0.753. The van der Waals surface area contributed by atoms with Gasteiger partial charge in [0.1, 0.15) is 24.0 Å². The molecule has 3 aromatic rings. The standard InChI is InChI=1S/C18H18FN3O/c1-22-9-8-20-18(22)12-21-16-6-2-4-14(10-16)13-23-17-7-3-5-15(19)11-17/h2-11,21H,12-13H2,1H3. The Hall–Kier alpha value is -2.82. The van der Waals surface area contributed by atoms with Crippen LogP contribution in [0.5, 0.6) is 5.75 Å². The monoisotopic (exact) mass is 311 g/mol. The summed E-state index contributed by atoms with van der Waals surface area (Å²) in [5, 5.41) is 3.34. The zero-order chi connectivity index (χ0) is 16.1. The molecular formula is C18H18FN3O. The van der Waals surface area contributed by atoms with Crippen molar-refractivity contribution in [2.75, 3.05) is 5.32 Å². The first-order valence-corrected chi connectivity index (χ1v) is 7.38. The molecule has 3 rings (SSSR count). The minimum atomic E-state index is -0.298. The number of rotatable bonds is 6. The summed E-state index contributed by atoms with van der Waals surface area (Å²) in [6.45, 7) is 1.04. The molecule has 0 aliphatic heterocycles. The maximum Gasteiger partial charge on any atom is 0.127 e. The molecule has 5 heteroatoms. The van der Waals surface area contributed by atoms with Gasteiger partial charge in [-0.2, -0.15) is 0 Å². The Bertz CT molecular complexity index is 785. The van der Waals surface area contributed by atoms with Gasteiger partial charge in [0.25, 0.3) is 0 Å². The van der Waals surface area contributed by atoms with Crippen molar-refractivity contribution in [1.82, 2.24) is 9.55 Å². The van der Waals surface area contributed by atoms with Crippen LogP contribution in [0.2, 0.25) is 0 Å². The van der Waals surface area contributed by atoms with Crippen LogP contribution in [0.4, 0.5) is 10.1 Å². The molecule has 0 fully saturated rings. The molecule has 23 heavy (non-hydrogen) atoms. The van der Waals surface area contributed by atoms with E-state index in [9.17, 15) is 4.39 Å². The summed E-state index contributed by atoms with van der Waals surface area (Å²) in [5.41, 5.74) is 2.01. The minimum absolute atomic E-state index is 0.298. The van der Waals surface area contributed by atoms with Crippen molar-refractivity contribution in [2.24, 2.45) is 7.05 Å². The number of aromatic nitrogens is 2. The summed E-state index contributed by atoms with van der Waals surface area (Å²) in [6.07, 6.45) is 3.69. The average Bonchev–Trinajstić information content (AvgIpc) is 2.97. The van der Waals surface area contributed by atoms with Gasteiger partial charge in [-0.1, -0.05) is 18.2 Å². The lowest BCUT2D eigenvalue weighted by molar-refractivity contribution is 0.304. The van der Waals surface area contributed by atoms with E-state index in [-0.39, 0.29) is 5.82 Å². The Morgan fingerprint density at radius 3 is 2.83 bits per heavy atom. The van der Waals surface area contributed by atoms with Crippen LogP contribution in [0.3, 0.4) is 0 Å². The summed E-state index contributed by atoms with van der Waals surface area (Å²) in [7, 11) is 1.97. The SMILES string of the molecule is Cn1ccnc1CNc1cccc(COc2cccc(F)c2)c1. The average molecular weight is 311 g/mol. The number of imidazole rings is 1. The highest BCUT2D eigenvalue weighted by molar-refractivity contribution is 5.45. The molecule has 0 saturated heterocycles. The van der Waals surface area contributed by atoms with Crippen molar-refractivity contribution >= 4 is 5.69 Å². The van der Waals surface area contributed by atoms with Crippen LogP contribution in [-0.4, -0.2) is 9.55 Å². The van der Waals surface area contributed by atoms with Gasteiger partial charge in [0.2, 0.25) is 0 Å². The van der Waals surface area contributed by atoms with Gasteiger partial charge in [-0.15, -0.1) is 0 Å². The molecule has 1 heterocycles. The Balaban J connectivity index is 1.60. The largest absolute Gasteiger partial charge is 0.489 e. The predicted octanol–water partition coefficient (Wildman–Crippen LogP) is 3.75. The Kier molecular flexibility index (Phi) is 4.57. The van der Waals surface area contributed by atoms with E-state index in [0.717, 1.165) is 17.1 Å². The number of aryl methyl sites for hydroxylation is 1. The lowest BCUT2D eigenvalue weighted by atomic mass is 10.2. The van der Waals surface area contributed by atoms with Gasteiger partial charge in [-0.25, -0.2) is 9.37 Å². The highest BCUT2D eigenvalue weighted by Crippen LogP contribution is 2.16. The highest BCUT2D eigenvalue weighted by atomic mass is 19.1. The van der Waals surface area contributed by atoms with Gasteiger partial charge < -0.3 is 14.6 Å². The number of anilines is 1. The van der Waals surface area contributed by atoms with Crippen LogP contribution in [0.25, 0.3) is 0 Å². The molecule has 0 bridgehead atoms. The fourth-order valence-corrected chi connectivity index (χ4v) is 2.24. The molecule has 0 atom stereocenters. The van der Waals surface area contributed by atoms with Crippen molar-refractivity contribution in [3.05, 3.63) is 78.1 Å². The van der Waals surface area contributed by atoms with E-state index in [1.807, 2.05) is 42.1 Å². The van der Waals surface area contributed by atoms with Crippen LogP contribution in [0.1, 0.15) is 11.4 Å². The van der Waals surface area contributed by atoms with Gasteiger partial charge in [0.05, 0.1) is 6.54 Å². The van der Waals surface area contributed by atoms with E-state index < -0.39 is 0 Å². The number of nitrogens with zero attached hydrogens (tertiary/aromatic N) is 2. The fourth-order valence-electron chi connectivity index (χ4n) is 2.24. The molecule has 0 aliphatic rings. The Morgan fingerprint density at radius 1 is 1.17 bits per heavy atom. The van der Waals surface area contributed by atoms with Crippen LogP contribution < -0.4 is 10.1 Å². The number of benzene rings is 2. The van der Waals surface area contributed by atoms with Gasteiger partial charge in [0.15, 0.2) is 0 Å². The first-order chi connectivity index (χ1) is 11.2. The van der Waals surface area contributed by atoms with Crippen molar-refractivity contribution in [3.8, 4) is 5.75 Å². The molecular weight excluding hydrogens is 293 g/mol. The van der Waals surface area contributed by atoms with E-state index >= 15 is 0 Å². The first kappa shape index (κ1) is 15.1. The highest BCUT2D eigenvalue weighted by Gasteiger charge is 2.01. The zero-order valence-corrected chi connectivity index (χ0v) is 12.9. The zero-order valence-electron chi connectivity index (χ0n) is 12.9. The molecule has 0 saturated carbocycles. The predicted molar refractivity (Wildman–Crippen MR) is 87.7 cm³/mol. The molecule has 0 spiro atoms. The van der Waals surface area contributed by atoms with E-state index in [1.54, 1.807) is 18.3 Å². The minimum Gasteiger partial charge on any atom is -0.489 e. The van der Waals surface area contributed by atoms with Crippen molar-refractivity contribution in [2.45, 2.75) is 13.2 Å². The van der Waals surface area contributed by atoms with Crippen molar-refractivity contribution in [1.29, 1.82) is 0 Å². The molecule has 4 nitrogen and oxygen atoms in total.